The van der Waals surface area contributed by atoms with Gasteiger partial charge in [0.2, 0.25) is 5.91 Å². The third kappa shape index (κ3) is 6.70. The molecule has 2 aromatic carbocycles. The topological polar surface area (TPSA) is 102 Å². The highest BCUT2D eigenvalue weighted by molar-refractivity contribution is 9.10. The second-order valence-electron chi connectivity index (χ2n) is 9.70. The molecule has 2 atom stereocenters. The molecule has 0 bridgehead atoms. The van der Waals surface area contributed by atoms with E-state index in [2.05, 4.69) is 26.6 Å². The molecule has 11 heteroatoms. The highest BCUT2D eigenvalue weighted by atomic mass is 79.9. The van der Waals surface area contributed by atoms with Gasteiger partial charge in [-0.15, -0.1) is 0 Å². The molecule has 1 aliphatic carbocycles. The molecule has 2 aromatic rings. The van der Waals surface area contributed by atoms with Crippen LogP contribution in [0, 0.1) is 0 Å². The standard InChI is InChI=1S/C26H29BrF3N3O4/c27-19-6-2-4-17(12-19)25(37)9-7-20(8-10-25)33-15-21(34)13-22(33)32-23(35)14-31-24(36)16-3-1-5-18(11-16)26(28,29)30/h1-6,11-12,20-22,34,37H,7-10,13-15H2,(H,31,36)(H,32,35)/t20?,21-,22?,25?/m0/s1. The Morgan fingerprint density at radius 2 is 1.81 bits per heavy atom. The molecule has 4 N–H and O–H groups in total. The van der Waals surface area contributed by atoms with Crippen LogP contribution in [0.25, 0.3) is 0 Å². The van der Waals surface area contributed by atoms with Crippen molar-refractivity contribution in [2.24, 2.45) is 0 Å². The molecule has 0 radical (unpaired) electrons. The van der Waals surface area contributed by atoms with Gasteiger partial charge in [0, 0.05) is 29.0 Å². The zero-order valence-corrected chi connectivity index (χ0v) is 21.6. The van der Waals surface area contributed by atoms with Gasteiger partial charge in [-0.1, -0.05) is 34.1 Å². The lowest BCUT2D eigenvalue weighted by atomic mass is 9.77. The Labute approximate surface area is 221 Å². The van der Waals surface area contributed by atoms with E-state index < -0.39 is 48.0 Å². The lowest BCUT2D eigenvalue weighted by molar-refractivity contribution is -0.137. The molecule has 7 nitrogen and oxygen atoms in total. The average Bonchev–Trinajstić information content (AvgIpc) is 3.22. The third-order valence-corrected chi connectivity index (χ3v) is 7.61. The smallest absolute Gasteiger partial charge is 0.392 e. The van der Waals surface area contributed by atoms with E-state index >= 15 is 0 Å². The highest BCUT2D eigenvalue weighted by Gasteiger charge is 2.42. The third-order valence-electron chi connectivity index (χ3n) is 7.12. The molecule has 4 rings (SSSR count). The first-order valence-electron chi connectivity index (χ1n) is 12.1. The first-order chi connectivity index (χ1) is 17.4. The van der Waals surface area contributed by atoms with Crippen LogP contribution in [0.5, 0.6) is 0 Å². The molecule has 2 amide bonds. The van der Waals surface area contributed by atoms with Crippen LogP contribution in [0.1, 0.15) is 53.6 Å². The van der Waals surface area contributed by atoms with Crippen molar-refractivity contribution in [1.29, 1.82) is 0 Å². The SMILES string of the molecule is O=C(CNC(=O)c1cccc(C(F)(F)F)c1)NC1C[C@H](O)CN1C1CCC(O)(c2cccc(Br)c2)CC1. The van der Waals surface area contributed by atoms with E-state index in [0.717, 1.165) is 28.2 Å². The van der Waals surface area contributed by atoms with E-state index in [1.807, 2.05) is 29.2 Å². The van der Waals surface area contributed by atoms with Crippen molar-refractivity contribution in [3.63, 3.8) is 0 Å². The summed E-state index contributed by atoms with van der Waals surface area (Å²) in [4.78, 5) is 26.9. The quantitative estimate of drug-likeness (QED) is 0.417. The van der Waals surface area contributed by atoms with Crippen LogP contribution in [0.15, 0.2) is 53.0 Å². The number of hydrogen-bond donors (Lipinski definition) is 4. The molecule has 0 aromatic heterocycles. The minimum absolute atomic E-state index is 0.0505. The van der Waals surface area contributed by atoms with Crippen LogP contribution in [-0.2, 0) is 16.6 Å². The van der Waals surface area contributed by atoms with Gasteiger partial charge in [-0.3, -0.25) is 14.5 Å². The molecular formula is C26H29BrF3N3O4. The number of β-amino-alcohol motifs (C(OH)–C–C–N with tert-alkyl or cyclic N) is 1. The van der Waals surface area contributed by atoms with Crippen molar-refractivity contribution in [2.45, 2.75) is 62.2 Å². The van der Waals surface area contributed by atoms with E-state index in [0.29, 0.717) is 38.6 Å². The predicted molar refractivity (Wildman–Crippen MR) is 133 cm³/mol. The van der Waals surface area contributed by atoms with Gasteiger partial charge in [0.25, 0.3) is 5.91 Å². The number of carbonyl (C=O) groups excluding carboxylic acids is 2. The van der Waals surface area contributed by atoms with E-state index in [9.17, 15) is 33.0 Å². The summed E-state index contributed by atoms with van der Waals surface area (Å²) >= 11 is 3.44. The zero-order chi connectivity index (χ0) is 26.8. The van der Waals surface area contributed by atoms with Gasteiger partial charge in [0.1, 0.15) is 0 Å². The van der Waals surface area contributed by atoms with Crippen LogP contribution >= 0.6 is 15.9 Å². The molecule has 1 saturated carbocycles. The number of nitrogens with one attached hydrogen (secondary N) is 2. The Morgan fingerprint density at radius 3 is 2.49 bits per heavy atom. The maximum Gasteiger partial charge on any atom is 0.416 e. The minimum atomic E-state index is -4.58. The lowest BCUT2D eigenvalue weighted by Crippen LogP contribution is -2.52. The molecule has 0 spiro atoms. The van der Waals surface area contributed by atoms with Crippen molar-refractivity contribution in [1.82, 2.24) is 15.5 Å². The van der Waals surface area contributed by atoms with Gasteiger partial charge >= 0.3 is 6.18 Å². The summed E-state index contributed by atoms with van der Waals surface area (Å²) in [5.74, 6) is -1.30. The van der Waals surface area contributed by atoms with E-state index in [-0.39, 0.29) is 11.6 Å². The van der Waals surface area contributed by atoms with Crippen molar-refractivity contribution in [3.8, 4) is 0 Å². The highest BCUT2D eigenvalue weighted by Crippen LogP contribution is 2.40. The Bertz CT molecular complexity index is 1140. The summed E-state index contributed by atoms with van der Waals surface area (Å²) in [6.45, 7) is -0.0374. The molecule has 37 heavy (non-hydrogen) atoms. The van der Waals surface area contributed by atoms with Gasteiger partial charge in [0.05, 0.1) is 30.0 Å². The first kappa shape index (κ1) is 27.6. The summed E-state index contributed by atoms with van der Waals surface area (Å²) in [5, 5.41) is 26.7. The Kier molecular flexibility index (Phi) is 8.27. The normalized spacial score (nSPS) is 26.6. The number of hydrogen-bond acceptors (Lipinski definition) is 5. The maximum atomic E-state index is 12.9. The second-order valence-corrected chi connectivity index (χ2v) is 10.6. The monoisotopic (exact) mass is 583 g/mol. The molecule has 2 fully saturated rings. The summed E-state index contributed by atoms with van der Waals surface area (Å²) in [6, 6.07) is 11.6. The zero-order valence-electron chi connectivity index (χ0n) is 20.0. The molecule has 2 aliphatic rings. The Morgan fingerprint density at radius 1 is 1.11 bits per heavy atom. The largest absolute Gasteiger partial charge is 0.416 e. The van der Waals surface area contributed by atoms with Crippen molar-refractivity contribution < 1.29 is 33.0 Å². The number of benzene rings is 2. The van der Waals surface area contributed by atoms with Gasteiger partial charge in [0.15, 0.2) is 0 Å². The number of nitrogens with zero attached hydrogens (tertiary/aromatic N) is 1. The molecule has 1 unspecified atom stereocenters. The van der Waals surface area contributed by atoms with Crippen LogP contribution in [0.4, 0.5) is 13.2 Å². The fourth-order valence-electron chi connectivity index (χ4n) is 5.20. The fraction of sp³-hybridized carbons (Fsp3) is 0.462. The predicted octanol–water partition coefficient (Wildman–Crippen LogP) is 3.54. The van der Waals surface area contributed by atoms with Crippen molar-refractivity contribution in [3.05, 3.63) is 69.7 Å². The van der Waals surface area contributed by atoms with E-state index in [1.165, 1.54) is 6.07 Å². The maximum absolute atomic E-state index is 12.9. The second kappa shape index (κ2) is 11.1. The number of halogens is 4. The fourth-order valence-corrected chi connectivity index (χ4v) is 5.60. The molecule has 200 valence electrons. The molecule has 1 aliphatic heterocycles. The number of aliphatic hydroxyl groups excluding tert-OH is 1. The van der Waals surface area contributed by atoms with Crippen molar-refractivity contribution in [2.75, 3.05) is 13.1 Å². The number of aliphatic hydroxyl groups is 2. The lowest BCUT2D eigenvalue weighted by Gasteiger charge is -2.41. The van der Waals surface area contributed by atoms with Crippen molar-refractivity contribution >= 4 is 27.7 Å². The van der Waals surface area contributed by atoms with Crippen LogP contribution in [-0.4, -0.2) is 58.3 Å². The Balaban J connectivity index is 1.31. The van der Waals surface area contributed by atoms with E-state index in [4.69, 9.17) is 0 Å². The van der Waals surface area contributed by atoms with Gasteiger partial charge in [-0.05, 0) is 61.6 Å². The van der Waals surface area contributed by atoms with Gasteiger partial charge in [-0.2, -0.15) is 13.2 Å². The summed E-state index contributed by atoms with van der Waals surface area (Å²) < 4.78 is 39.6. The molecule has 1 heterocycles. The number of alkyl halides is 3. The number of amides is 2. The summed E-state index contributed by atoms with van der Waals surface area (Å²) in [5.41, 5.74) is -1.23. The van der Waals surface area contributed by atoms with E-state index in [1.54, 1.807) is 0 Å². The number of rotatable bonds is 6. The van der Waals surface area contributed by atoms with Crippen LogP contribution < -0.4 is 10.6 Å². The molecular weight excluding hydrogens is 555 g/mol. The average molecular weight is 584 g/mol. The molecule has 1 saturated heterocycles. The summed E-state index contributed by atoms with van der Waals surface area (Å²) in [6.07, 6.45) is -2.91. The van der Waals surface area contributed by atoms with Crippen LogP contribution in [0.3, 0.4) is 0 Å². The van der Waals surface area contributed by atoms with Gasteiger partial charge in [-0.25, -0.2) is 0 Å². The summed E-state index contributed by atoms with van der Waals surface area (Å²) in [7, 11) is 0. The van der Waals surface area contributed by atoms with Crippen LogP contribution in [0.2, 0.25) is 0 Å². The number of likely N-dealkylation sites (tertiary alicyclic amines) is 1. The van der Waals surface area contributed by atoms with Gasteiger partial charge < -0.3 is 20.8 Å². The first-order valence-corrected chi connectivity index (χ1v) is 12.9. The number of carbonyl (C=O) groups is 2. The Hall–Kier alpha value is -2.47. The minimum Gasteiger partial charge on any atom is -0.392 e.